The third kappa shape index (κ3) is 2.18. The number of ether oxygens (including phenoxy) is 1. The Morgan fingerprint density at radius 1 is 1.47 bits per heavy atom. The molecule has 0 amide bonds. The van der Waals surface area contributed by atoms with Gasteiger partial charge in [0.2, 0.25) is 0 Å². The number of benzene rings is 1. The van der Waals surface area contributed by atoms with Gasteiger partial charge in [0.25, 0.3) is 0 Å². The van der Waals surface area contributed by atoms with Gasteiger partial charge in [0.05, 0.1) is 6.10 Å². The van der Waals surface area contributed by atoms with Gasteiger partial charge >= 0.3 is 0 Å². The number of carbonyl (C=O) groups excluding carboxylic acids is 1. The van der Waals surface area contributed by atoms with E-state index in [9.17, 15) is 4.79 Å². The molecule has 0 bridgehead atoms. The van der Waals surface area contributed by atoms with Crippen LogP contribution in [0.5, 0.6) is 5.75 Å². The molecule has 2 aromatic rings. The first-order chi connectivity index (χ1) is 8.15. The maximum absolute atomic E-state index is 11.0. The monoisotopic (exact) mass is 231 g/mol. The standard InChI is InChI=1S/C14H17NO2/c1-4-9(2)17-11-5-6-14-12(7-11)13(8-16)10(3)15-14/h5-9,15H,4H2,1-3H3. The summed E-state index contributed by atoms with van der Waals surface area (Å²) in [6, 6.07) is 5.81. The number of nitrogens with one attached hydrogen (secondary N) is 1. The molecule has 0 aliphatic heterocycles. The van der Waals surface area contributed by atoms with E-state index < -0.39 is 0 Å². The van der Waals surface area contributed by atoms with Gasteiger partial charge in [0.15, 0.2) is 6.29 Å². The van der Waals surface area contributed by atoms with Gasteiger partial charge in [-0.05, 0) is 38.5 Å². The van der Waals surface area contributed by atoms with Crippen molar-refractivity contribution in [1.82, 2.24) is 4.98 Å². The summed E-state index contributed by atoms with van der Waals surface area (Å²) < 4.78 is 5.75. The van der Waals surface area contributed by atoms with Crippen LogP contribution >= 0.6 is 0 Å². The van der Waals surface area contributed by atoms with E-state index in [1.807, 2.05) is 32.0 Å². The summed E-state index contributed by atoms with van der Waals surface area (Å²) in [5, 5.41) is 0.929. The van der Waals surface area contributed by atoms with E-state index in [2.05, 4.69) is 11.9 Å². The number of rotatable bonds is 4. The lowest BCUT2D eigenvalue weighted by Gasteiger charge is -2.12. The van der Waals surface area contributed by atoms with Crippen molar-refractivity contribution in [1.29, 1.82) is 0 Å². The third-order valence-electron chi connectivity index (χ3n) is 3.04. The van der Waals surface area contributed by atoms with Crippen molar-refractivity contribution in [2.75, 3.05) is 0 Å². The van der Waals surface area contributed by atoms with E-state index in [-0.39, 0.29) is 6.10 Å². The topological polar surface area (TPSA) is 42.1 Å². The molecule has 1 N–H and O–H groups in total. The van der Waals surface area contributed by atoms with Crippen molar-refractivity contribution >= 4 is 17.2 Å². The number of hydrogen-bond donors (Lipinski definition) is 1. The van der Waals surface area contributed by atoms with Gasteiger partial charge in [-0.15, -0.1) is 0 Å². The highest BCUT2D eigenvalue weighted by molar-refractivity contribution is 5.99. The Labute approximate surface area is 101 Å². The summed E-state index contributed by atoms with van der Waals surface area (Å²) in [5.41, 5.74) is 2.59. The fraction of sp³-hybridized carbons (Fsp3) is 0.357. The zero-order valence-electron chi connectivity index (χ0n) is 10.4. The zero-order valence-corrected chi connectivity index (χ0v) is 10.4. The average molecular weight is 231 g/mol. The molecule has 90 valence electrons. The molecular formula is C14H17NO2. The summed E-state index contributed by atoms with van der Waals surface area (Å²) in [7, 11) is 0. The maximum atomic E-state index is 11.0. The Kier molecular flexibility index (Phi) is 3.18. The number of aromatic nitrogens is 1. The van der Waals surface area contributed by atoms with Crippen molar-refractivity contribution < 1.29 is 9.53 Å². The molecule has 0 aliphatic rings. The van der Waals surface area contributed by atoms with Crippen molar-refractivity contribution in [3.63, 3.8) is 0 Å². The van der Waals surface area contributed by atoms with Crippen LogP contribution in [-0.2, 0) is 0 Å². The van der Waals surface area contributed by atoms with Crippen molar-refractivity contribution in [2.24, 2.45) is 0 Å². The van der Waals surface area contributed by atoms with E-state index in [4.69, 9.17) is 4.74 Å². The third-order valence-corrected chi connectivity index (χ3v) is 3.04. The first-order valence-corrected chi connectivity index (χ1v) is 5.89. The number of aldehydes is 1. The van der Waals surface area contributed by atoms with Crippen LogP contribution in [0.2, 0.25) is 0 Å². The molecule has 1 unspecified atom stereocenters. The van der Waals surface area contributed by atoms with Gasteiger partial charge in [0, 0.05) is 22.2 Å². The van der Waals surface area contributed by atoms with Crippen LogP contribution in [0.15, 0.2) is 18.2 Å². The maximum Gasteiger partial charge on any atom is 0.152 e. The Morgan fingerprint density at radius 3 is 2.88 bits per heavy atom. The van der Waals surface area contributed by atoms with Crippen LogP contribution < -0.4 is 4.74 Å². The van der Waals surface area contributed by atoms with Crippen LogP contribution in [0.1, 0.15) is 36.3 Å². The number of H-pyrrole nitrogens is 1. The van der Waals surface area contributed by atoms with E-state index in [0.29, 0.717) is 0 Å². The number of aryl methyl sites for hydroxylation is 1. The van der Waals surface area contributed by atoms with Gasteiger partial charge in [-0.25, -0.2) is 0 Å². The van der Waals surface area contributed by atoms with Gasteiger partial charge in [-0.3, -0.25) is 4.79 Å². The highest BCUT2D eigenvalue weighted by atomic mass is 16.5. The highest BCUT2D eigenvalue weighted by Gasteiger charge is 2.09. The van der Waals surface area contributed by atoms with Gasteiger partial charge < -0.3 is 9.72 Å². The van der Waals surface area contributed by atoms with Gasteiger partial charge in [-0.1, -0.05) is 6.92 Å². The van der Waals surface area contributed by atoms with E-state index in [1.54, 1.807) is 0 Å². The number of fused-ring (bicyclic) bond motifs is 1. The second-order valence-corrected chi connectivity index (χ2v) is 4.33. The molecule has 0 spiro atoms. The number of carbonyl (C=O) groups is 1. The molecule has 1 heterocycles. The van der Waals surface area contributed by atoms with Crippen molar-refractivity contribution in [3.05, 3.63) is 29.5 Å². The quantitative estimate of drug-likeness (QED) is 0.819. The first kappa shape index (κ1) is 11.7. The second-order valence-electron chi connectivity index (χ2n) is 4.33. The lowest BCUT2D eigenvalue weighted by atomic mass is 10.1. The van der Waals surface area contributed by atoms with Crippen molar-refractivity contribution in [2.45, 2.75) is 33.3 Å². The Morgan fingerprint density at radius 2 is 2.24 bits per heavy atom. The SMILES string of the molecule is CCC(C)Oc1ccc2[nH]c(C)c(C=O)c2c1. The van der Waals surface area contributed by atoms with E-state index in [0.717, 1.165) is 40.6 Å². The van der Waals surface area contributed by atoms with Crippen LogP contribution in [0, 0.1) is 6.92 Å². The summed E-state index contributed by atoms with van der Waals surface area (Å²) in [4.78, 5) is 14.2. The molecule has 0 fully saturated rings. The molecule has 1 aromatic heterocycles. The van der Waals surface area contributed by atoms with Crippen LogP contribution in [-0.4, -0.2) is 17.4 Å². The van der Waals surface area contributed by atoms with Crippen molar-refractivity contribution in [3.8, 4) is 5.75 Å². The molecule has 17 heavy (non-hydrogen) atoms. The molecular weight excluding hydrogens is 214 g/mol. The summed E-state index contributed by atoms with van der Waals surface area (Å²) in [5.74, 6) is 0.814. The lowest BCUT2D eigenvalue weighted by Crippen LogP contribution is -2.09. The van der Waals surface area contributed by atoms with Gasteiger partial charge in [-0.2, -0.15) is 0 Å². The summed E-state index contributed by atoms with van der Waals surface area (Å²) in [6.07, 6.45) is 2.04. The van der Waals surface area contributed by atoms with Gasteiger partial charge in [0.1, 0.15) is 5.75 Å². The lowest BCUT2D eigenvalue weighted by molar-refractivity contribution is 0.112. The predicted molar refractivity (Wildman–Crippen MR) is 68.8 cm³/mol. The fourth-order valence-electron chi connectivity index (χ4n) is 1.87. The minimum Gasteiger partial charge on any atom is -0.491 e. The Hall–Kier alpha value is -1.77. The number of hydrogen-bond acceptors (Lipinski definition) is 2. The molecule has 3 heteroatoms. The summed E-state index contributed by atoms with van der Waals surface area (Å²) in [6.45, 7) is 6.02. The normalized spacial score (nSPS) is 12.6. The Bertz CT molecular complexity index is 542. The molecule has 0 saturated carbocycles. The molecule has 1 aromatic carbocycles. The van der Waals surface area contributed by atoms with Crippen LogP contribution in [0.3, 0.4) is 0 Å². The number of aromatic amines is 1. The molecule has 2 rings (SSSR count). The first-order valence-electron chi connectivity index (χ1n) is 5.89. The molecule has 0 saturated heterocycles. The zero-order chi connectivity index (χ0) is 12.4. The summed E-state index contributed by atoms with van der Waals surface area (Å²) >= 11 is 0. The van der Waals surface area contributed by atoms with Crippen LogP contribution in [0.4, 0.5) is 0 Å². The molecule has 0 radical (unpaired) electrons. The molecule has 1 atom stereocenters. The molecule has 0 aliphatic carbocycles. The van der Waals surface area contributed by atoms with Crippen LogP contribution in [0.25, 0.3) is 10.9 Å². The predicted octanol–water partition coefficient (Wildman–Crippen LogP) is 3.47. The molecule has 3 nitrogen and oxygen atoms in total. The fourth-order valence-corrected chi connectivity index (χ4v) is 1.87. The van der Waals surface area contributed by atoms with E-state index >= 15 is 0 Å². The minimum absolute atomic E-state index is 0.187. The second kappa shape index (κ2) is 4.62. The smallest absolute Gasteiger partial charge is 0.152 e. The minimum atomic E-state index is 0.187. The Balaban J connectivity index is 2.45. The average Bonchev–Trinajstić information content (AvgIpc) is 2.63. The largest absolute Gasteiger partial charge is 0.491 e. The highest BCUT2D eigenvalue weighted by Crippen LogP contribution is 2.26. The van der Waals surface area contributed by atoms with E-state index in [1.165, 1.54) is 0 Å².